The van der Waals surface area contributed by atoms with Gasteiger partial charge in [-0.1, -0.05) is 20.3 Å². The molecule has 1 heterocycles. The number of epoxide rings is 1. The molecule has 0 aromatic rings. The molecule has 1 spiro atoms. The predicted molar refractivity (Wildman–Crippen MR) is 86.7 cm³/mol. The van der Waals surface area contributed by atoms with E-state index in [4.69, 9.17) is 4.74 Å². The molecule has 0 aromatic carbocycles. The Labute approximate surface area is 143 Å². The Bertz CT molecular complexity index is 656. The van der Waals surface area contributed by atoms with Crippen molar-refractivity contribution in [2.75, 3.05) is 0 Å². The fourth-order valence-corrected chi connectivity index (χ4v) is 7.82. The molecule has 5 fully saturated rings. The highest BCUT2D eigenvalue weighted by Gasteiger charge is 2.78. The van der Waals surface area contributed by atoms with E-state index in [1.165, 1.54) is 19.3 Å². The Morgan fingerprint density at radius 1 is 1.25 bits per heavy atom. The first kappa shape index (κ1) is 15.3. The summed E-state index contributed by atoms with van der Waals surface area (Å²) in [4.78, 5) is 12.5. The summed E-state index contributed by atoms with van der Waals surface area (Å²) in [7, 11) is 0. The molecule has 1 saturated heterocycles. The SMILES string of the molecule is C[C@@]12CCC[C@H]1[C@@H]1CCC34OC3C(=O)C(C#N)C[C@]4(C)[C@@H]1C(O)C2. The minimum Gasteiger partial charge on any atom is -0.393 e. The van der Waals surface area contributed by atoms with Gasteiger partial charge in [-0.05, 0) is 61.7 Å². The van der Waals surface area contributed by atoms with Crippen LogP contribution in [-0.4, -0.2) is 28.7 Å². The normalized spacial score (nSPS) is 61.2. The van der Waals surface area contributed by atoms with Crippen LogP contribution in [0.4, 0.5) is 0 Å². The monoisotopic (exact) mass is 329 g/mol. The summed E-state index contributed by atoms with van der Waals surface area (Å²) in [6.45, 7) is 4.58. The van der Waals surface area contributed by atoms with Crippen molar-refractivity contribution >= 4 is 5.78 Å². The van der Waals surface area contributed by atoms with Crippen LogP contribution in [0.5, 0.6) is 0 Å². The number of rotatable bonds is 0. The van der Waals surface area contributed by atoms with Crippen molar-refractivity contribution in [2.45, 2.75) is 76.6 Å². The van der Waals surface area contributed by atoms with E-state index >= 15 is 0 Å². The maximum absolute atomic E-state index is 12.5. The number of fused-ring (bicyclic) bond motifs is 4. The van der Waals surface area contributed by atoms with Crippen LogP contribution >= 0.6 is 0 Å². The highest BCUT2D eigenvalue weighted by Crippen LogP contribution is 2.72. The van der Waals surface area contributed by atoms with E-state index in [0.717, 1.165) is 19.3 Å². The summed E-state index contributed by atoms with van der Waals surface area (Å²) in [5.74, 6) is 0.823. The number of carbonyl (C=O) groups is 1. The molecule has 4 saturated carbocycles. The van der Waals surface area contributed by atoms with Crippen molar-refractivity contribution < 1.29 is 14.6 Å². The van der Waals surface area contributed by atoms with Gasteiger partial charge in [0.05, 0.1) is 12.2 Å². The summed E-state index contributed by atoms with van der Waals surface area (Å²) in [5.41, 5.74) is -0.339. The molecule has 4 unspecified atom stereocenters. The Morgan fingerprint density at radius 3 is 2.79 bits per heavy atom. The maximum Gasteiger partial charge on any atom is 0.181 e. The average molecular weight is 329 g/mol. The molecule has 1 aliphatic heterocycles. The van der Waals surface area contributed by atoms with Gasteiger partial charge in [0.2, 0.25) is 0 Å². The van der Waals surface area contributed by atoms with Crippen LogP contribution in [0.15, 0.2) is 0 Å². The Balaban J connectivity index is 1.57. The second kappa shape index (κ2) is 4.43. The number of hydrogen-bond donors (Lipinski definition) is 1. The highest BCUT2D eigenvalue weighted by atomic mass is 16.6. The van der Waals surface area contributed by atoms with Crippen molar-refractivity contribution in [1.82, 2.24) is 0 Å². The third kappa shape index (κ3) is 1.55. The van der Waals surface area contributed by atoms with Crippen molar-refractivity contribution in [1.29, 1.82) is 5.26 Å². The van der Waals surface area contributed by atoms with Gasteiger partial charge in [-0.3, -0.25) is 4.79 Å². The largest absolute Gasteiger partial charge is 0.393 e. The quantitative estimate of drug-likeness (QED) is 0.694. The zero-order valence-electron chi connectivity index (χ0n) is 14.6. The van der Waals surface area contributed by atoms with Crippen LogP contribution in [-0.2, 0) is 9.53 Å². The second-order valence-corrected chi connectivity index (χ2v) is 9.75. The number of ketones is 1. The van der Waals surface area contributed by atoms with Crippen LogP contribution in [0, 0.1) is 45.8 Å². The van der Waals surface area contributed by atoms with Crippen LogP contribution in [0.25, 0.3) is 0 Å². The first-order chi connectivity index (χ1) is 11.4. The van der Waals surface area contributed by atoms with Gasteiger partial charge in [0, 0.05) is 5.41 Å². The molecule has 5 aliphatic rings. The van der Waals surface area contributed by atoms with Gasteiger partial charge >= 0.3 is 0 Å². The predicted octanol–water partition coefficient (Wildman–Crippen LogP) is 2.84. The highest BCUT2D eigenvalue weighted by molar-refractivity contribution is 5.92. The fourth-order valence-electron chi connectivity index (χ4n) is 7.82. The van der Waals surface area contributed by atoms with Gasteiger partial charge in [-0.2, -0.15) is 5.26 Å². The first-order valence-electron chi connectivity index (χ1n) is 9.66. The van der Waals surface area contributed by atoms with Gasteiger partial charge in [0.25, 0.3) is 0 Å². The van der Waals surface area contributed by atoms with Crippen molar-refractivity contribution in [2.24, 2.45) is 34.5 Å². The number of aliphatic hydroxyl groups excluding tert-OH is 1. The lowest BCUT2D eigenvalue weighted by Gasteiger charge is -2.60. The molecule has 1 N–H and O–H groups in total. The molecule has 4 aliphatic carbocycles. The lowest BCUT2D eigenvalue weighted by Crippen LogP contribution is -2.63. The Kier molecular flexibility index (Phi) is 2.83. The van der Waals surface area contributed by atoms with E-state index in [2.05, 4.69) is 19.9 Å². The summed E-state index contributed by atoms with van der Waals surface area (Å²) in [5, 5.41) is 20.6. The Hall–Kier alpha value is -0.920. The molecule has 4 nitrogen and oxygen atoms in total. The molecule has 0 bridgehead atoms. The van der Waals surface area contributed by atoms with Crippen molar-refractivity contribution in [3.8, 4) is 6.07 Å². The van der Waals surface area contributed by atoms with E-state index in [-0.39, 0.29) is 40.3 Å². The van der Waals surface area contributed by atoms with E-state index < -0.39 is 5.92 Å². The summed E-state index contributed by atoms with van der Waals surface area (Å²) in [6.07, 6.45) is 6.52. The van der Waals surface area contributed by atoms with Gasteiger partial charge in [-0.25, -0.2) is 0 Å². The lowest BCUT2D eigenvalue weighted by atomic mass is 9.43. The first-order valence-corrected chi connectivity index (χ1v) is 9.66. The van der Waals surface area contributed by atoms with Crippen LogP contribution in [0.3, 0.4) is 0 Å². The van der Waals surface area contributed by atoms with Crippen molar-refractivity contribution in [3.05, 3.63) is 0 Å². The molecular weight excluding hydrogens is 302 g/mol. The molecule has 0 amide bonds. The van der Waals surface area contributed by atoms with Gasteiger partial charge in [-0.15, -0.1) is 0 Å². The molecule has 24 heavy (non-hydrogen) atoms. The number of nitriles is 1. The number of Topliss-reactive ketones (excluding diaryl/α,β-unsaturated/α-hetero) is 1. The second-order valence-electron chi connectivity index (χ2n) is 9.75. The van der Waals surface area contributed by atoms with Crippen LogP contribution in [0.1, 0.15) is 58.8 Å². The van der Waals surface area contributed by atoms with E-state index in [1.807, 2.05) is 0 Å². The molecule has 4 heteroatoms. The third-order valence-electron chi connectivity index (χ3n) is 8.86. The number of aliphatic hydroxyl groups is 1. The zero-order valence-corrected chi connectivity index (χ0v) is 14.6. The van der Waals surface area contributed by atoms with Gasteiger partial charge in [0.15, 0.2) is 5.78 Å². The van der Waals surface area contributed by atoms with Crippen molar-refractivity contribution in [3.63, 3.8) is 0 Å². The number of nitrogens with zero attached hydrogens (tertiary/aromatic N) is 1. The maximum atomic E-state index is 12.5. The molecule has 9 atom stereocenters. The standard InChI is InChI=1S/C20H27NO3/c1-18-6-3-4-13(18)12-5-7-20-17(24-20)16(23)11(10-21)8-19(20,2)15(12)14(22)9-18/h11-15,17,22H,3-9H2,1-2H3/t11?,12-,13-,14?,15-,17?,18-,19+,20?/m0/s1. The molecule has 0 radical (unpaired) electrons. The van der Waals surface area contributed by atoms with Gasteiger partial charge < -0.3 is 9.84 Å². The Morgan fingerprint density at radius 2 is 2.04 bits per heavy atom. The summed E-state index contributed by atoms with van der Waals surface area (Å²) in [6, 6.07) is 2.22. The van der Waals surface area contributed by atoms with Crippen LogP contribution in [0.2, 0.25) is 0 Å². The lowest BCUT2D eigenvalue weighted by molar-refractivity contribution is -0.167. The van der Waals surface area contributed by atoms with E-state index in [9.17, 15) is 15.2 Å². The number of hydrogen-bond acceptors (Lipinski definition) is 4. The van der Waals surface area contributed by atoms with E-state index in [0.29, 0.717) is 18.3 Å². The zero-order chi connectivity index (χ0) is 16.9. The molecule has 130 valence electrons. The number of ether oxygens (including phenoxy) is 1. The topological polar surface area (TPSA) is 73.6 Å². The smallest absolute Gasteiger partial charge is 0.181 e. The molecule has 5 rings (SSSR count). The van der Waals surface area contributed by atoms with Crippen LogP contribution < -0.4 is 0 Å². The number of carbonyl (C=O) groups excluding carboxylic acids is 1. The average Bonchev–Trinajstić information content (AvgIpc) is 3.16. The summed E-state index contributed by atoms with van der Waals surface area (Å²) < 4.78 is 6.04. The van der Waals surface area contributed by atoms with E-state index in [1.54, 1.807) is 0 Å². The third-order valence-corrected chi connectivity index (χ3v) is 8.86. The summed E-state index contributed by atoms with van der Waals surface area (Å²) >= 11 is 0. The fraction of sp³-hybridized carbons (Fsp3) is 0.900. The minimum absolute atomic E-state index is 0.00979. The van der Waals surface area contributed by atoms with Gasteiger partial charge in [0.1, 0.15) is 17.6 Å². The minimum atomic E-state index is -0.557. The molecule has 0 aromatic heterocycles. The molecular formula is C20H27NO3.